The van der Waals surface area contributed by atoms with Crippen LogP contribution in [0.15, 0.2) is 36.5 Å². The van der Waals surface area contributed by atoms with Gasteiger partial charge in [0.25, 0.3) is 11.8 Å². The molecule has 1 aliphatic rings. The third-order valence-electron chi connectivity index (χ3n) is 4.18. The van der Waals surface area contributed by atoms with Gasteiger partial charge in [-0.05, 0) is 32.3 Å². The summed E-state index contributed by atoms with van der Waals surface area (Å²) in [6, 6.07) is 9.04. The van der Waals surface area contributed by atoms with Crippen LogP contribution in [0.3, 0.4) is 0 Å². The van der Waals surface area contributed by atoms with E-state index in [1.807, 2.05) is 30.3 Å². The van der Waals surface area contributed by atoms with E-state index in [4.69, 9.17) is 0 Å². The van der Waals surface area contributed by atoms with Crippen LogP contribution >= 0.6 is 0 Å². The highest BCUT2D eigenvalue weighted by atomic mass is 16.2. The topological polar surface area (TPSA) is 107 Å². The van der Waals surface area contributed by atoms with Gasteiger partial charge in [-0.2, -0.15) is 5.01 Å². The number of urea groups is 1. The van der Waals surface area contributed by atoms with Gasteiger partial charge in [0.1, 0.15) is 17.1 Å². The number of hydrogen-bond donors (Lipinski definition) is 3. The number of hydrogen-bond acceptors (Lipinski definition) is 4. The third-order valence-corrected chi connectivity index (χ3v) is 4.18. The second-order valence-corrected chi connectivity index (χ2v) is 6.21. The van der Waals surface area contributed by atoms with Gasteiger partial charge in [-0.1, -0.05) is 30.3 Å². The number of nitrogens with zero attached hydrogens (tertiary/aromatic N) is 2. The maximum absolute atomic E-state index is 12.6. The zero-order valence-corrected chi connectivity index (χ0v) is 14.0. The fourth-order valence-corrected chi connectivity index (χ4v) is 2.69. The van der Waals surface area contributed by atoms with Crippen molar-refractivity contribution in [1.29, 1.82) is 0 Å². The average Bonchev–Trinajstić information content (AvgIpc) is 3.12. The maximum atomic E-state index is 12.6. The molecule has 1 atom stereocenters. The summed E-state index contributed by atoms with van der Waals surface area (Å²) in [5, 5.41) is 3.38. The molecule has 0 saturated carbocycles. The molecule has 130 valence electrons. The number of H-pyrrole nitrogens is 1. The molecular formula is C17H19N5O3. The Morgan fingerprint density at radius 3 is 2.64 bits per heavy atom. The molecule has 0 bridgehead atoms. The molecule has 1 unspecified atom stereocenters. The van der Waals surface area contributed by atoms with Crippen molar-refractivity contribution in [3.63, 3.8) is 0 Å². The van der Waals surface area contributed by atoms with Crippen molar-refractivity contribution in [1.82, 2.24) is 25.7 Å². The van der Waals surface area contributed by atoms with Crippen molar-refractivity contribution in [2.24, 2.45) is 0 Å². The first-order valence-corrected chi connectivity index (χ1v) is 7.92. The van der Waals surface area contributed by atoms with E-state index >= 15 is 0 Å². The van der Waals surface area contributed by atoms with Crippen LogP contribution in [0.25, 0.3) is 0 Å². The number of rotatable bonds is 5. The lowest BCUT2D eigenvalue weighted by molar-refractivity contribution is -0.132. The van der Waals surface area contributed by atoms with Crippen molar-refractivity contribution in [2.45, 2.75) is 32.2 Å². The molecule has 25 heavy (non-hydrogen) atoms. The van der Waals surface area contributed by atoms with Gasteiger partial charge in [-0.25, -0.2) is 9.78 Å². The Hall–Kier alpha value is -3.16. The molecule has 2 heterocycles. The van der Waals surface area contributed by atoms with E-state index in [0.29, 0.717) is 18.7 Å². The third kappa shape index (κ3) is 3.37. The van der Waals surface area contributed by atoms with Gasteiger partial charge in [0, 0.05) is 0 Å². The first kappa shape index (κ1) is 16.7. The fraction of sp³-hybridized carbons (Fsp3) is 0.294. The lowest BCUT2D eigenvalue weighted by atomic mass is 9.93. The van der Waals surface area contributed by atoms with Crippen LogP contribution in [0.1, 0.15) is 35.2 Å². The van der Waals surface area contributed by atoms with Crippen LogP contribution < -0.4 is 10.7 Å². The van der Waals surface area contributed by atoms with Crippen molar-refractivity contribution in [3.05, 3.63) is 53.6 Å². The molecule has 8 heteroatoms. The zero-order chi connectivity index (χ0) is 18.0. The summed E-state index contributed by atoms with van der Waals surface area (Å²) in [6.07, 6.45) is 2.40. The molecule has 3 N–H and O–H groups in total. The van der Waals surface area contributed by atoms with Gasteiger partial charge >= 0.3 is 6.03 Å². The maximum Gasteiger partial charge on any atom is 0.344 e. The van der Waals surface area contributed by atoms with Gasteiger partial charge in [0.15, 0.2) is 0 Å². The van der Waals surface area contributed by atoms with E-state index in [0.717, 1.165) is 10.6 Å². The SMILES string of the molecule is Cc1ncc(C(=O)NN2C(=O)NC(C)(CCc3ccccc3)C2=O)[nH]1. The molecule has 1 aliphatic heterocycles. The standard InChI is InChI=1S/C17H19N5O3/c1-11-18-10-13(19-11)14(23)21-22-15(24)17(2,20-16(22)25)9-8-12-6-4-3-5-7-12/h3-7,10H,8-9H2,1-2H3,(H,18,19)(H,20,25)(H,21,23). The van der Waals surface area contributed by atoms with E-state index in [9.17, 15) is 14.4 Å². The lowest BCUT2D eigenvalue weighted by Gasteiger charge is -2.21. The van der Waals surface area contributed by atoms with E-state index in [2.05, 4.69) is 20.7 Å². The molecule has 0 radical (unpaired) electrons. The molecule has 3 rings (SSSR count). The normalized spacial score (nSPS) is 19.8. The second kappa shape index (κ2) is 6.39. The minimum absolute atomic E-state index is 0.177. The van der Waals surface area contributed by atoms with Gasteiger partial charge in [-0.15, -0.1) is 0 Å². The van der Waals surface area contributed by atoms with Crippen LogP contribution in [-0.2, 0) is 11.2 Å². The van der Waals surface area contributed by atoms with Gasteiger partial charge in [0.05, 0.1) is 6.20 Å². The Balaban J connectivity index is 1.67. The molecule has 4 amide bonds. The van der Waals surface area contributed by atoms with E-state index in [1.165, 1.54) is 6.20 Å². The predicted molar refractivity (Wildman–Crippen MR) is 89.3 cm³/mol. The summed E-state index contributed by atoms with van der Waals surface area (Å²) in [5.41, 5.74) is 2.50. The first-order valence-electron chi connectivity index (χ1n) is 7.92. The summed E-state index contributed by atoms with van der Waals surface area (Å²) in [7, 11) is 0. The van der Waals surface area contributed by atoms with E-state index < -0.39 is 23.4 Å². The number of imide groups is 1. The Morgan fingerprint density at radius 2 is 2.00 bits per heavy atom. The minimum Gasteiger partial charge on any atom is -0.338 e. The number of nitrogens with one attached hydrogen (secondary N) is 3. The number of aryl methyl sites for hydroxylation is 2. The largest absolute Gasteiger partial charge is 0.344 e. The number of carbonyl (C=O) groups excluding carboxylic acids is 3. The summed E-state index contributed by atoms with van der Waals surface area (Å²) in [6.45, 7) is 3.35. The highest BCUT2D eigenvalue weighted by molar-refractivity contribution is 6.08. The van der Waals surface area contributed by atoms with Crippen molar-refractivity contribution in [3.8, 4) is 0 Å². The number of aromatic amines is 1. The number of amides is 4. The van der Waals surface area contributed by atoms with Gasteiger partial charge in [0.2, 0.25) is 0 Å². The molecule has 1 aromatic heterocycles. The Labute approximate surface area is 144 Å². The van der Waals surface area contributed by atoms with Gasteiger partial charge < -0.3 is 10.3 Å². The highest BCUT2D eigenvalue weighted by Gasteiger charge is 2.48. The Kier molecular flexibility index (Phi) is 4.26. The van der Waals surface area contributed by atoms with Gasteiger partial charge in [-0.3, -0.25) is 15.0 Å². The number of benzene rings is 1. The monoisotopic (exact) mass is 341 g/mol. The molecule has 0 spiro atoms. The molecule has 1 saturated heterocycles. The van der Waals surface area contributed by atoms with E-state index in [-0.39, 0.29) is 5.69 Å². The van der Waals surface area contributed by atoms with Crippen LogP contribution in [-0.4, -0.2) is 38.4 Å². The molecule has 8 nitrogen and oxygen atoms in total. The molecule has 1 aromatic carbocycles. The number of imidazole rings is 1. The van der Waals surface area contributed by atoms with Crippen LogP contribution in [0, 0.1) is 6.92 Å². The summed E-state index contributed by atoms with van der Waals surface area (Å²) >= 11 is 0. The average molecular weight is 341 g/mol. The van der Waals surface area contributed by atoms with Crippen molar-refractivity contribution in [2.75, 3.05) is 0 Å². The summed E-state index contributed by atoms with van der Waals surface area (Å²) in [5.74, 6) is -0.524. The quantitative estimate of drug-likeness (QED) is 0.713. The predicted octanol–water partition coefficient (Wildman–Crippen LogP) is 1.31. The summed E-state index contributed by atoms with van der Waals surface area (Å²) < 4.78 is 0. The van der Waals surface area contributed by atoms with E-state index in [1.54, 1.807) is 13.8 Å². The molecule has 2 aromatic rings. The fourth-order valence-electron chi connectivity index (χ4n) is 2.69. The molecule has 1 fully saturated rings. The van der Waals surface area contributed by atoms with Crippen molar-refractivity contribution >= 4 is 17.8 Å². The second-order valence-electron chi connectivity index (χ2n) is 6.21. The first-order chi connectivity index (χ1) is 11.9. The number of hydrazine groups is 1. The Bertz CT molecular complexity index is 817. The van der Waals surface area contributed by atoms with Crippen LogP contribution in [0.4, 0.5) is 4.79 Å². The minimum atomic E-state index is -1.07. The van der Waals surface area contributed by atoms with Crippen LogP contribution in [0.5, 0.6) is 0 Å². The number of carbonyl (C=O) groups is 3. The molecular weight excluding hydrogens is 322 g/mol. The van der Waals surface area contributed by atoms with Crippen LogP contribution in [0.2, 0.25) is 0 Å². The molecule has 0 aliphatic carbocycles. The Morgan fingerprint density at radius 1 is 1.28 bits per heavy atom. The smallest absolute Gasteiger partial charge is 0.338 e. The highest BCUT2D eigenvalue weighted by Crippen LogP contribution is 2.22. The van der Waals surface area contributed by atoms with Crippen molar-refractivity contribution < 1.29 is 14.4 Å². The number of aromatic nitrogens is 2. The zero-order valence-electron chi connectivity index (χ0n) is 14.0. The lowest BCUT2D eigenvalue weighted by Crippen LogP contribution is -2.49. The summed E-state index contributed by atoms with van der Waals surface area (Å²) in [4.78, 5) is 43.6.